The zero-order valence-electron chi connectivity index (χ0n) is 25.3. The second-order valence-corrected chi connectivity index (χ2v) is 12.8. The smallest absolute Gasteiger partial charge is 0.238 e. The van der Waals surface area contributed by atoms with Crippen molar-refractivity contribution in [2.45, 2.75) is 0 Å². The third-order valence-electron chi connectivity index (χ3n) is 9.28. The van der Waals surface area contributed by atoms with Crippen LogP contribution >= 0.6 is 23.2 Å². The zero-order chi connectivity index (χ0) is 31.9. The highest BCUT2D eigenvalue weighted by atomic mass is 35.5. The van der Waals surface area contributed by atoms with Gasteiger partial charge in [-0.05, 0) is 78.2 Å². The van der Waals surface area contributed by atoms with Gasteiger partial charge in [0.05, 0.1) is 27.6 Å². The number of hydrogen-bond acceptors (Lipinski definition) is 3. The first-order chi connectivity index (χ1) is 23.6. The van der Waals surface area contributed by atoms with Crippen LogP contribution < -0.4 is 0 Å². The van der Waals surface area contributed by atoms with E-state index in [1.54, 1.807) is 0 Å². The van der Waals surface area contributed by atoms with Gasteiger partial charge < -0.3 is 4.40 Å². The van der Waals surface area contributed by atoms with Gasteiger partial charge in [-0.1, -0.05) is 89.9 Å². The predicted molar refractivity (Wildman–Crippen MR) is 199 cm³/mol. The molecule has 7 heteroatoms. The Hall–Kier alpha value is -5.75. The minimum absolute atomic E-state index is 0.531. The fraction of sp³-hybridized carbons (Fsp3) is 0. The first-order valence-corrected chi connectivity index (χ1v) is 16.4. The first-order valence-electron chi connectivity index (χ1n) is 15.7. The minimum Gasteiger partial charge on any atom is -0.309 e. The van der Waals surface area contributed by atoms with Crippen molar-refractivity contribution in [2.75, 3.05) is 0 Å². The van der Waals surface area contributed by atoms with Crippen LogP contribution in [0.3, 0.4) is 0 Å². The molecule has 0 fully saturated rings. The Labute approximate surface area is 284 Å². The van der Waals surface area contributed by atoms with E-state index >= 15 is 0 Å². The number of fused-ring (bicyclic) bond motifs is 12. The van der Waals surface area contributed by atoms with Gasteiger partial charge in [-0.3, -0.25) is 4.57 Å². The summed E-state index contributed by atoms with van der Waals surface area (Å²) in [5.41, 5.74) is 7.18. The third kappa shape index (κ3) is 4.02. The molecule has 48 heavy (non-hydrogen) atoms. The molecule has 0 amide bonds. The van der Waals surface area contributed by atoms with Crippen LogP contribution in [0.25, 0.3) is 88.6 Å². The van der Waals surface area contributed by atoms with Gasteiger partial charge in [-0.25, -0.2) is 4.98 Å². The number of halogens is 2. The van der Waals surface area contributed by atoms with Crippen molar-refractivity contribution < 1.29 is 0 Å². The Balaban J connectivity index is 1.37. The molecular weight excluding hydrogens is 633 g/mol. The van der Waals surface area contributed by atoms with Crippen LogP contribution in [0.2, 0.25) is 10.0 Å². The number of rotatable bonds is 3. The summed E-state index contributed by atoms with van der Waals surface area (Å²) in [6.45, 7) is 0. The second-order valence-electron chi connectivity index (χ2n) is 12.0. The van der Waals surface area contributed by atoms with Crippen molar-refractivity contribution in [1.29, 1.82) is 0 Å². The van der Waals surface area contributed by atoms with E-state index in [1.165, 1.54) is 21.7 Å². The van der Waals surface area contributed by atoms with Gasteiger partial charge in [-0.15, -0.1) is 0 Å². The maximum atomic E-state index is 6.27. The molecule has 4 heterocycles. The molecule has 226 valence electrons. The summed E-state index contributed by atoms with van der Waals surface area (Å²) in [5, 5.41) is 8.33. The summed E-state index contributed by atoms with van der Waals surface area (Å²) in [6, 6.07) is 47.7. The van der Waals surface area contributed by atoms with Crippen molar-refractivity contribution in [3.05, 3.63) is 150 Å². The van der Waals surface area contributed by atoms with Crippen molar-refractivity contribution in [3.8, 4) is 28.7 Å². The molecule has 0 atom stereocenters. The topological polar surface area (TPSA) is 48.0 Å². The Morgan fingerprint density at radius 3 is 1.52 bits per heavy atom. The highest BCUT2D eigenvalue weighted by Gasteiger charge is 2.22. The SMILES string of the molecule is Clc1ccc(-c2nc(-c3ccc(Cl)cc3)nc(-n3c4ccccc4c4ccc5c(cc6c7ccccc7c7ccccc7n65)c43)n2)cc1. The number of nitrogens with zero attached hydrogens (tertiary/aromatic N) is 5. The van der Waals surface area contributed by atoms with Crippen molar-refractivity contribution >= 4 is 83.1 Å². The largest absolute Gasteiger partial charge is 0.309 e. The van der Waals surface area contributed by atoms with Crippen molar-refractivity contribution in [2.24, 2.45) is 0 Å². The van der Waals surface area contributed by atoms with Gasteiger partial charge in [0, 0.05) is 48.1 Å². The second kappa shape index (κ2) is 10.4. The standard InChI is InChI=1S/C41H23Cl2N5/c42-26-17-13-24(14-18-26)39-44-40(25-15-19-27(43)20-16-25)46-41(45-39)48-35-12-6-4-10-31(35)32-21-22-36-33(38(32)48)23-37-30-9-2-1-7-28(30)29-8-3-5-11-34(29)47(36)37/h1-23H. The molecule has 0 bridgehead atoms. The number of pyridine rings is 1. The first kappa shape index (κ1) is 27.4. The zero-order valence-corrected chi connectivity index (χ0v) is 26.8. The molecule has 4 aromatic heterocycles. The van der Waals surface area contributed by atoms with E-state index in [0.29, 0.717) is 27.6 Å². The molecule has 10 rings (SSSR count). The lowest BCUT2D eigenvalue weighted by molar-refractivity contribution is 0.955. The Morgan fingerprint density at radius 1 is 0.396 bits per heavy atom. The summed E-state index contributed by atoms with van der Waals surface area (Å²) in [6.07, 6.45) is 0. The van der Waals surface area contributed by atoms with Crippen LogP contribution in [0.15, 0.2) is 140 Å². The van der Waals surface area contributed by atoms with Gasteiger partial charge in [0.1, 0.15) is 0 Å². The molecular formula is C41H23Cl2N5. The summed E-state index contributed by atoms with van der Waals surface area (Å²) < 4.78 is 4.58. The number of benzene rings is 6. The van der Waals surface area contributed by atoms with Gasteiger partial charge in [-0.2, -0.15) is 9.97 Å². The lowest BCUT2D eigenvalue weighted by Crippen LogP contribution is -2.06. The maximum absolute atomic E-state index is 6.27. The molecule has 0 aliphatic carbocycles. The molecule has 10 aromatic rings. The Bertz CT molecular complexity index is 2840. The average molecular weight is 657 g/mol. The fourth-order valence-corrected chi connectivity index (χ4v) is 7.42. The molecule has 0 aliphatic rings. The van der Waals surface area contributed by atoms with Gasteiger partial charge in [0.25, 0.3) is 0 Å². The van der Waals surface area contributed by atoms with E-state index in [1.807, 2.05) is 48.5 Å². The monoisotopic (exact) mass is 655 g/mol. The molecule has 0 radical (unpaired) electrons. The molecule has 0 saturated carbocycles. The molecule has 0 N–H and O–H groups in total. The van der Waals surface area contributed by atoms with Gasteiger partial charge >= 0.3 is 0 Å². The number of aromatic nitrogens is 5. The van der Waals surface area contributed by atoms with Crippen LogP contribution in [-0.2, 0) is 0 Å². The summed E-state index contributed by atoms with van der Waals surface area (Å²) in [5.74, 6) is 1.64. The Morgan fingerprint density at radius 2 is 0.896 bits per heavy atom. The van der Waals surface area contributed by atoms with Crippen LogP contribution in [-0.4, -0.2) is 23.9 Å². The van der Waals surface area contributed by atoms with Gasteiger partial charge in [0.2, 0.25) is 5.95 Å². The lowest BCUT2D eigenvalue weighted by atomic mass is 10.1. The van der Waals surface area contributed by atoms with Crippen LogP contribution in [0.1, 0.15) is 0 Å². The van der Waals surface area contributed by atoms with Crippen LogP contribution in [0.4, 0.5) is 0 Å². The lowest BCUT2D eigenvalue weighted by Gasteiger charge is -2.11. The highest BCUT2D eigenvalue weighted by Crippen LogP contribution is 2.40. The Kier molecular flexibility index (Phi) is 5.92. The molecule has 0 spiro atoms. The quantitative estimate of drug-likeness (QED) is 0.178. The number of hydrogen-bond donors (Lipinski definition) is 0. The van der Waals surface area contributed by atoms with E-state index in [4.69, 9.17) is 38.2 Å². The summed E-state index contributed by atoms with van der Waals surface area (Å²) in [7, 11) is 0. The summed E-state index contributed by atoms with van der Waals surface area (Å²) in [4.78, 5) is 15.2. The molecule has 6 aromatic carbocycles. The molecule has 0 aliphatic heterocycles. The van der Waals surface area contributed by atoms with Gasteiger partial charge in [0.15, 0.2) is 11.6 Å². The van der Waals surface area contributed by atoms with Crippen molar-refractivity contribution in [1.82, 2.24) is 23.9 Å². The van der Waals surface area contributed by atoms with E-state index in [-0.39, 0.29) is 0 Å². The van der Waals surface area contributed by atoms with E-state index in [9.17, 15) is 0 Å². The van der Waals surface area contributed by atoms with Crippen LogP contribution in [0, 0.1) is 0 Å². The van der Waals surface area contributed by atoms with Crippen LogP contribution in [0.5, 0.6) is 0 Å². The van der Waals surface area contributed by atoms with E-state index in [2.05, 4.69) is 100.0 Å². The third-order valence-corrected chi connectivity index (χ3v) is 9.79. The predicted octanol–water partition coefficient (Wildman–Crippen LogP) is 11.3. The molecule has 5 nitrogen and oxygen atoms in total. The average Bonchev–Trinajstić information content (AvgIpc) is 3.69. The fourth-order valence-electron chi connectivity index (χ4n) is 7.16. The van der Waals surface area contributed by atoms with E-state index in [0.717, 1.165) is 49.4 Å². The highest BCUT2D eigenvalue weighted by molar-refractivity contribution is 6.31. The normalized spacial score (nSPS) is 12.0. The number of para-hydroxylation sites is 2. The maximum Gasteiger partial charge on any atom is 0.238 e. The summed E-state index contributed by atoms with van der Waals surface area (Å²) >= 11 is 12.5. The van der Waals surface area contributed by atoms with Crippen molar-refractivity contribution in [3.63, 3.8) is 0 Å². The minimum atomic E-state index is 0.531. The molecule has 0 saturated heterocycles. The molecule has 0 unspecified atom stereocenters. The van der Waals surface area contributed by atoms with E-state index < -0.39 is 0 Å².